The van der Waals surface area contributed by atoms with Gasteiger partial charge in [0.1, 0.15) is 5.15 Å². The van der Waals surface area contributed by atoms with Crippen molar-refractivity contribution in [2.75, 3.05) is 10.6 Å². The number of benzene rings is 1. The fourth-order valence-electron chi connectivity index (χ4n) is 2.49. The highest BCUT2D eigenvalue weighted by atomic mass is 35.5. The van der Waals surface area contributed by atoms with Crippen LogP contribution in [-0.2, 0) is 16.1 Å². The molecule has 1 aromatic heterocycles. The van der Waals surface area contributed by atoms with Gasteiger partial charge in [0.05, 0.1) is 5.69 Å². The molecule has 0 aliphatic carbocycles. The number of carbonyl (C=O) groups excluding carboxylic acids is 2. The first-order valence-corrected chi connectivity index (χ1v) is 9.29. The van der Waals surface area contributed by atoms with Crippen LogP contribution in [0.3, 0.4) is 0 Å². The number of hydrogen-bond acceptors (Lipinski definition) is 3. The van der Waals surface area contributed by atoms with E-state index >= 15 is 0 Å². The largest absolute Gasteiger partial charge is 0.326 e. The maximum Gasteiger partial charge on any atom is 0.248 e. The minimum absolute atomic E-state index is 0.0816. The van der Waals surface area contributed by atoms with Crippen molar-refractivity contribution in [2.45, 2.75) is 40.7 Å². The quantitative estimate of drug-likeness (QED) is 0.685. The van der Waals surface area contributed by atoms with E-state index in [0.717, 1.165) is 17.8 Å². The van der Waals surface area contributed by atoms with E-state index in [4.69, 9.17) is 11.6 Å². The van der Waals surface area contributed by atoms with Gasteiger partial charge in [-0.25, -0.2) is 0 Å². The molecule has 0 atom stereocenters. The van der Waals surface area contributed by atoms with Gasteiger partial charge in [0, 0.05) is 36.0 Å². The van der Waals surface area contributed by atoms with E-state index in [1.54, 1.807) is 41.9 Å². The number of nitrogens with one attached hydrogen (secondary N) is 2. The number of halogens is 1. The van der Waals surface area contributed by atoms with E-state index < -0.39 is 0 Å². The fourth-order valence-corrected chi connectivity index (χ4v) is 2.80. The Bertz CT molecular complexity index is 856. The highest BCUT2D eigenvalue weighted by molar-refractivity contribution is 6.31. The van der Waals surface area contributed by atoms with Crippen LogP contribution in [0.25, 0.3) is 6.08 Å². The Kier molecular flexibility index (Phi) is 7.19. The van der Waals surface area contributed by atoms with Crippen molar-refractivity contribution in [3.05, 3.63) is 46.8 Å². The maximum absolute atomic E-state index is 12.2. The third kappa shape index (κ3) is 5.96. The van der Waals surface area contributed by atoms with Crippen molar-refractivity contribution < 1.29 is 9.59 Å². The summed E-state index contributed by atoms with van der Waals surface area (Å²) in [6.07, 6.45) is 3.48. The summed E-state index contributed by atoms with van der Waals surface area (Å²) in [7, 11) is 0. The zero-order valence-electron chi connectivity index (χ0n) is 16.0. The Morgan fingerprint density at radius 1 is 1.26 bits per heavy atom. The number of rotatable bonds is 7. The molecule has 1 aromatic carbocycles. The van der Waals surface area contributed by atoms with E-state index in [1.807, 2.05) is 6.92 Å². The summed E-state index contributed by atoms with van der Waals surface area (Å²) in [6.45, 7) is 8.54. The Hall–Kier alpha value is -2.60. The van der Waals surface area contributed by atoms with Crippen LogP contribution in [0.15, 0.2) is 30.3 Å². The fraction of sp³-hybridized carbons (Fsp3) is 0.350. The summed E-state index contributed by atoms with van der Waals surface area (Å²) < 4.78 is 1.75. The second-order valence-electron chi connectivity index (χ2n) is 6.67. The van der Waals surface area contributed by atoms with Gasteiger partial charge in [-0.1, -0.05) is 38.4 Å². The molecule has 2 rings (SSSR count). The summed E-state index contributed by atoms with van der Waals surface area (Å²) in [5, 5.41) is 10.5. The predicted molar refractivity (Wildman–Crippen MR) is 110 cm³/mol. The summed E-state index contributed by atoms with van der Waals surface area (Å²) in [4.78, 5) is 23.7. The molecule has 144 valence electrons. The summed E-state index contributed by atoms with van der Waals surface area (Å²) in [6, 6.07) is 7.00. The van der Waals surface area contributed by atoms with Crippen LogP contribution in [0.1, 0.15) is 38.4 Å². The summed E-state index contributed by atoms with van der Waals surface area (Å²) in [5.74, 6) is 0.0466. The molecule has 2 N–H and O–H groups in total. The number of aryl methyl sites for hydroxylation is 1. The lowest BCUT2D eigenvalue weighted by molar-refractivity contribution is -0.116. The van der Waals surface area contributed by atoms with Crippen LogP contribution in [0.4, 0.5) is 11.4 Å². The van der Waals surface area contributed by atoms with Crippen molar-refractivity contribution in [2.24, 2.45) is 5.92 Å². The Labute approximate surface area is 164 Å². The molecular formula is C20H25ClN4O2. The second kappa shape index (κ2) is 9.37. The number of carbonyl (C=O) groups is 2. The molecule has 0 unspecified atom stereocenters. The lowest BCUT2D eigenvalue weighted by atomic mass is 10.2. The molecule has 0 aliphatic heterocycles. The molecule has 7 heteroatoms. The first-order valence-electron chi connectivity index (χ1n) is 8.92. The molecule has 2 amide bonds. The molecule has 0 fully saturated rings. The topological polar surface area (TPSA) is 76.0 Å². The summed E-state index contributed by atoms with van der Waals surface area (Å²) in [5.41, 5.74) is 2.74. The van der Waals surface area contributed by atoms with Crippen LogP contribution >= 0.6 is 11.6 Å². The van der Waals surface area contributed by atoms with Gasteiger partial charge in [0.15, 0.2) is 0 Å². The molecule has 2 aromatic rings. The first-order chi connectivity index (χ1) is 12.8. The van der Waals surface area contributed by atoms with Crippen LogP contribution in [0.5, 0.6) is 0 Å². The molecule has 27 heavy (non-hydrogen) atoms. The van der Waals surface area contributed by atoms with Crippen LogP contribution in [-0.4, -0.2) is 21.6 Å². The number of anilines is 2. The number of hydrogen-bond donors (Lipinski definition) is 2. The predicted octanol–water partition coefficient (Wildman–Crippen LogP) is 4.50. The zero-order chi connectivity index (χ0) is 20.0. The average molecular weight is 389 g/mol. The average Bonchev–Trinajstić information content (AvgIpc) is 2.86. The van der Waals surface area contributed by atoms with Gasteiger partial charge in [-0.3, -0.25) is 14.3 Å². The van der Waals surface area contributed by atoms with Crippen molar-refractivity contribution in [3.8, 4) is 0 Å². The van der Waals surface area contributed by atoms with E-state index in [1.165, 1.54) is 6.08 Å². The Balaban J connectivity index is 2.07. The highest BCUT2D eigenvalue weighted by Crippen LogP contribution is 2.22. The van der Waals surface area contributed by atoms with E-state index in [2.05, 4.69) is 29.6 Å². The Morgan fingerprint density at radius 2 is 1.93 bits per heavy atom. The van der Waals surface area contributed by atoms with Gasteiger partial charge < -0.3 is 10.6 Å². The zero-order valence-corrected chi connectivity index (χ0v) is 16.8. The van der Waals surface area contributed by atoms with Crippen LogP contribution in [0.2, 0.25) is 5.15 Å². The normalized spacial score (nSPS) is 11.2. The SMILES string of the molecule is CCC(=O)Nc1cccc(NC(=O)/C=C/c2c(C)nn(CC(C)C)c2Cl)c1. The van der Waals surface area contributed by atoms with E-state index in [-0.39, 0.29) is 11.8 Å². The molecule has 0 aliphatic rings. The minimum atomic E-state index is -0.291. The minimum Gasteiger partial charge on any atom is -0.326 e. The van der Waals surface area contributed by atoms with Crippen molar-refractivity contribution in [1.82, 2.24) is 9.78 Å². The van der Waals surface area contributed by atoms with Crippen molar-refractivity contribution in [1.29, 1.82) is 0 Å². The Morgan fingerprint density at radius 3 is 2.56 bits per heavy atom. The van der Waals surface area contributed by atoms with Gasteiger partial charge in [0.2, 0.25) is 11.8 Å². The number of aromatic nitrogens is 2. The van der Waals surface area contributed by atoms with Gasteiger partial charge in [0.25, 0.3) is 0 Å². The smallest absolute Gasteiger partial charge is 0.248 e. The molecule has 0 bridgehead atoms. The standard InChI is InChI=1S/C20H25ClN4O2/c1-5-18(26)22-15-7-6-8-16(11-15)23-19(27)10-9-17-14(4)24-25(20(17)21)12-13(2)3/h6-11,13H,5,12H2,1-4H3,(H,22,26)(H,23,27)/b10-9+. The number of nitrogens with zero attached hydrogens (tertiary/aromatic N) is 2. The molecule has 6 nitrogen and oxygen atoms in total. The third-order valence-electron chi connectivity index (χ3n) is 3.78. The van der Waals surface area contributed by atoms with Crippen molar-refractivity contribution >= 4 is 40.9 Å². The van der Waals surface area contributed by atoms with Crippen molar-refractivity contribution in [3.63, 3.8) is 0 Å². The summed E-state index contributed by atoms with van der Waals surface area (Å²) >= 11 is 6.38. The lowest BCUT2D eigenvalue weighted by Crippen LogP contribution is -2.11. The van der Waals surface area contributed by atoms with Gasteiger partial charge in [-0.15, -0.1) is 0 Å². The van der Waals surface area contributed by atoms with Gasteiger partial charge in [-0.2, -0.15) is 5.10 Å². The lowest BCUT2D eigenvalue weighted by Gasteiger charge is -2.07. The molecule has 0 radical (unpaired) electrons. The number of amides is 2. The molecule has 0 saturated heterocycles. The van der Waals surface area contributed by atoms with E-state index in [9.17, 15) is 9.59 Å². The van der Waals surface area contributed by atoms with E-state index in [0.29, 0.717) is 28.9 Å². The van der Waals surface area contributed by atoms with Crippen LogP contribution in [0, 0.1) is 12.8 Å². The molecule has 0 spiro atoms. The highest BCUT2D eigenvalue weighted by Gasteiger charge is 2.12. The second-order valence-corrected chi connectivity index (χ2v) is 7.03. The third-order valence-corrected chi connectivity index (χ3v) is 4.18. The monoisotopic (exact) mass is 388 g/mol. The van der Waals surface area contributed by atoms with Gasteiger partial charge in [-0.05, 0) is 37.1 Å². The molecule has 1 heterocycles. The first kappa shape index (κ1) is 20.7. The maximum atomic E-state index is 12.2. The molecular weight excluding hydrogens is 364 g/mol. The molecule has 0 saturated carbocycles. The van der Waals surface area contributed by atoms with Crippen LogP contribution < -0.4 is 10.6 Å². The van der Waals surface area contributed by atoms with Gasteiger partial charge >= 0.3 is 0 Å².